The fraction of sp³-hybridized carbons (Fsp3) is 0.125. The highest BCUT2D eigenvalue weighted by molar-refractivity contribution is 9.09. The van der Waals surface area contributed by atoms with Crippen molar-refractivity contribution >= 4 is 27.7 Å². The average molecular weight is 244 g/mol. The highest BCUT2D eigenvalue weighted by Gasteiger charge is 2.09. The fourth-order valence-corrected chi connectivity index (χ4v) is 1.06. The van der Waals surface area contributed by atoms with E-state index in [0.29, 0.717) is 0 Å². The summed E-state index contributed by atoms with van der Waals surface area (Å²) >= 11 is 2.98. The Balaban J connectivity index is 3.05. The maximum Gasteiger partial charge on any atom is 0.354 e. The van der Waals surface area contributed by atoms with Crippen LogP contribution in [0.5, 0.6) is 0 Å². The molecule has 0 unspecified atom stereocenters. The minimum atomic E-state index is -1.13. The number of nitrogens with zero attached hydrogens (tertiary/aromatic N) is 1. The van der Waals surface area contributed by atoms with E-state index in [9.17, 15) is 9.59 Å². The van der Waals surface area contributed by atoms with Crippen molar-refractivity contribution in [1.29, 1.82) is 0 Å². The van der Waals surface area contributed by atoms with Crippen LogP contribution in [0.4, 0.5) is 0 Å². The van der Waals surface area contributed by atoms with Gasteiger partial charge in [0.1, 0.15) is 11.4 Å². The van der Waals surface area contributed by atoms with E-state index in [0.717, 1.165) is 0 Å². The molecule has 0 atom stereocenters. The Labute approximate surface area is 82.7 Å². The van der Waals surface area contributed by atoms with Crippen molar-refractivity contribution in [3.05, 3.63) is 29.6 Å². The molecule has 0 aliphatic heterocycles. The van der Waals surface area contributed by atoms with Crippen LogP contribution < -0.4 is 0 Å². The summed E-state index contributed by atoms with van der Waals surface area (Å²) in [6.45, 7) is 0. The number of hydrogen-bond donors (Lipinski definition) is 1. The van der Waals surface area contributed by atoms with Crippen molar-refractivity contribution in [2.75, 3.05) is 5.33 Å². The second-order valence-corrected chi connectivity index (χ2v) is 2.83. The first-order valence-corrected chi connectivity index (χ1v) is 4.57. The lowest BCUT2D eigenvalue weighted by molar-refractivity contribution is 0.0690. The average Bonchev–Trinajstić information content (AvgIpc) is 2.17. The summed E-state index contributed by atoms with van der Waals surface area (Å²) in [6, 6.07) is 4.32. The Morgan fingerprint density at radius 2 is 2.00 bits per heavy atom. The quantitative estimate of drug-likeness (QED) is 0.643. The third-order valence-electron chi connectivity index (χ3n) is 1.38. The van der Waals surface area contributed by atoms with Crippen LogP contribution in [0.25, 0.3) is 0 Å². The summed E-state index contributed by atoms with van der Waals surface area (Å²) in [5, 5.41) is 8.72. The molecule has 13 heavy (non-hydrogen) atoms. The molecule has 0 saturated heterocycles. The van der Waals surface area contributed by atoms with Crippen LogP contribution in [0.3, 0.4) is 0 Å². The molecule has 68 valence electrons. The van der Waals surface area contributed by atoms with E-state index < -0.39 is 5.97 Å². The first-order chi connectivity index (χ1) is 6.15. The Bertz CT molecular complexity index is 351. The highest BCUT2D eigenvalue weighted by atomic mass is 79.9. The molecule has 0 saturated carbocycles. The van der Waals surface area contributed by atoms with Crippen LogP contribution in [0, 0.1) is 0 Å². The van der Waals surface area contributed by atoms with Gasteiger partial charge in [0.25, 0.3) is 0 Å². The zero-order chi connectivity index (χ0) is 9.84. The Morgan fingerprint density at radius 1 is 1.38 bits per heavy atom. The smallest absolute Gasteiger partial charge is 0.354 e. The molecule has 0 aliphatic rings. The van der Waals surface area contributed by atoms with Crippen LogP contribution >= 0.6 is 15.9 Å². The van der Waals surface area contributed by atoms with Crippen molar-refractivity contribution < 1.29 is 14.7 Å². The Hall–Kier alpha value is -1.23. The molecule has 1 aromatic heterocycles. The van der Waals surface area contributed by atoms with Gasteiger partial charge in [-0.15, -0.1) is 0 Å². The van der Waals surface area contributed by atoms with Crippen molar-refractivity contribution in [3.63, 3.8) is 0 Å². The number of carboxylic acid groups (broad SMARTS) is 1. The van der Waals surface area contributed by atoms with Gasteiger partial charge < -0.3 is 5.11 Å². The molecule has 1 aromatic rings. The summed E-state index contributed by atoms with van der Waals surface area (Å²) in [6.07, 6.45) is 0. The lowest BCUT2D eigenvalue weighted by Crippen LogP contribution is -2.07. The van der Waals surface area contributed by atoms with E-state index in [1.807, 2.05) is 0 Å². The van der Waals surface area contributed by atoms with Gasteiger partial charge in [0.15, 0.2) is 5.78 Å². The van der Waals surface area contributed by atoms with Gasteiger partial charge in [0.2, 0.25) is 0 Å². The monoisotopic (exact) mass is 243 g/mol. The number of hydrogen-bond acceptors (Lipinski definition) is 3. The first-order valence-electron chi connectivity index (χ1n) is 3.44. The molecule has 0 aliphatic carbocycles. The van der Waals surface area contributed by atoms with Crippen LogP contribution in [0.15, 0.2) is 18.2 Å². The predicted molar refractivity (Wildman–Crippen MR) is 49.3 cm³/mol. The number of aromatic carboxylic acids is 1. The standard InChI is InChI=1S/C8H6BrNO3/c9-4-7(11)5-2-1-3-6(10-5)8(12)13/h1-3H,4H2,(H,12,13). The van der Waals surface area contributed by atoms with Gasteiger partial charge in [-0.3, -0.25) is 4.79 Å². The van der Waals surface area contributed by atoms with Gasteiger partial charge in [-0.05, 0) is 12.1 Å². The van der Waals surface area contributed by atoms with Gasteiger partial charge in [0, 0.05) is 0 Å². The van der Waals surface area contributed by atoms with Crippen molar-refractivity contribution in [1.82, 2.24) is 4.98 Å². The molecule has 0 radical (unpaired) electrons. The zero-order valence-corrected chi connectivity index (χ0v) is 8.11. The minimum absolute atomic E-state index is 0.119. The maximum atomic E-state index is 11.1. The molecule has 1 rings (SSSR count). The molecule has 0 amide bonds. The number of ketones is 1. The van der Waals surface area contributed by atoms with Gasteiger partial charge in [0.05, 0.1) is 5.33 Å². The first kappa shape index (κ1) is 9.85. The van der Waals surface area contributed by atoms with E-state index in [1.54, 1.807) is 0 Å². The topological polar surface area (TPSA) is 67.3 Å². The molecule has 4 nitrogen and oxygen atoms in total. The maximum absolute atomic E-state index is 11.1. The van der Waals surface area contributed by atoms with Crippen LogP contribution in [0.1, 0.15) is 21.0 Å². The SMILES string of the molecule is O=C(O)c1cccc(C(=O)CBr)n1. The Morgan fingerprint density at radius 3 is 2.54 bits per heavy atom. The summed E-state index contributed by atoms with van der Waals surface area (Å²) in [5.74, 6) is -1.37. The number of carboxylic acids is 1. The molecule has 0 aromatic carbocycles. The second-order valence-electron chi connectivity index (χ2n) is 2.27. The lowest BCUT2D eigenvalue weighted by atomic mass is 10.2. The van der Waals surface area contributed by atoms with Gasteiger partial charge in [-0.1, -0.05) is 22.0 Å². The molecular formula is C8H6BrNO3. The van der Waals surface area contributed by atoms with E-state index in [1.165, 1.54) is 18.2 Å². The van der Waals surface area contributed by atoms with Crippen molar-refractivity contribution in [2.45, 2.75) is 0 Å². The number of carbonyl (C=O) groups excluding carboxylic acids is 1. The number of carbonyl (C=O) groups is 2. The fourth-order valence-electron chi connectivity index (χ4n) is 0.778. The van der Waals surface area contributed by atoms with Crippen molar-refractivity contribution in [3.8, 4) is 0 Å². The number of alkyl halides is 1. The highest BCUT2D eigenvalue weighted by Crippen LogP contribution is 2.02. The second kappa shape index (κ2) is 4.13. The van der Waals surface area contributed by atoms with Gasteiger partial charge in [-0.25, -0.2) is 9.78 Å². The van der Waals surface area contributed by atoms with Gasteiger partial charge in [-0.2, -0.15) is 0 Å². The third-order valence-corrected chi connectivity index (χ3v) is 1.88. The summed E-state index contributed by atoms with van der Waals surface area (Å²) < 4.78 is 0. The number of rotatable bonds is 3. The number of pyridine rings is 1. The summed E-state index contributed by atoms with van der Waals surface area (Å²) in [4.78, 5) is 25.2. The summed E-state index contributed by atoms with van der Waals surface area (Å²) in [7, 11) is 0. The molecule has 0 bridgehead atoms. The van der Waals surface area contributed by atoms with E-state index in [4.69, 9.17) is 5.11 Å². The van der Waals surface area contributed by atoms with Gasteiger partial charge >= 0.3 is 5.97 Å². The third kappa shape index (κ3) is 2.35. The Kier molecular flexibility index (Phi) is 3.13. The van der Waals surface area contributed by atoms with E-state index in [-0.39, 0.29) is 22.5 Å². The number of aromatic nitrogens is 1. The van der Waals surface area contributed by atoms with Crippen LogP contribution in [-0.2, 0) is 0 Å². The molecule has 1 heterocycles. The largest absolute Gasteiger partial charge is 0.477 e. The van der Waals surface area contributed by atoms with E-state index >= 15 is 0 Å². The normalized spacial score (nSPS) is 9.62. The minimum Gasteiger partial charge on any atom is -0.477 e. The van der Waals surface area contributed by atoms with Crippen molar-refractivity contribution in [2.24, 2.45) is 0 Å². The molecule has 5 heteroatoms. The number of Topliss-reactive ketones (excluding diaryl/α,β-unsaturated/α-hetero) is 1. The molecule has 0 fully saturated rings. The summed E-state index contributed by atoms with van der Waals surface area (Å²) in [5.41, 5.74) is 0.0450. The van der Waals surface area contributed by atoms with Crippen LogP contribution in [-0.4, -0.2) is 27.2 Å². The van der Waals surface area contributed by atoms with E-state index in [2.05, 4.69) is 20.9 Å². The lowest BCUT2D eigenvalue weighted by Gasteiger charge is -1.97. The molecular weight excluding hydrogens is 238 g/mol. The predicted octanol–water partition coefficient (Wildman–Crippen LogP) is 1.36. The molecule has 0 spiro atoms. The van der Waals surface area contributed by atoms with Crippen LogP contribution in [0.2, 0.25) is 0 Å². The zero-order valence-electron chi connectivity index (χ0n) is 6.53. The molecule has 1 N–H and O–H groups in total. The number of halogens is 1.